The van der Waals surface area contributed by atoms with Gasteiger partial charge in [0.05, 0.1) is 11.0 Å². The molecule has 0 aliphatic heterocycles. The topological polar surface area (TPSA) is 8.17 Å². The van der Waals surface area contributed by atoms with Gasteiger partial charge in [-0.3, -0.25) is 0 Å². The maximum atomic E-state index is 2.41. The first-order valence-corrected chi connectivity index (χ1v) is 21.9. The largest absolute Gasteiger partial charge is 0.310 e. The molecule has 1 heterocycles. The van der Waals surface area contributed by atoms with E-state index in [1.54, 1.807) is 0 Å². The van der Waals surface area contributed by atoms with E-state index in [1.165, 1.54) is 88.2 Å². The van der Waals surface area contributed by atoms with Gasteiger partial charge in [-0.25, -0.2) is 0 Å². The van der Waals surface area contributed by atoms with Crippen LogP contribution in [0.3, 0.4) is 0 Å². The lowest BCUT2D eigenvalue weighted by Crippen LogP contribution is -2.16. The van der Waals surface area contributed by atoms with Gasteiger partial charge in [0.1, 0.15) is 0 Å². The van der Waals surface area contributed by atoms with Crippen LogP contribution < -0.4 is 4.90 Å². The van der Waals surface area contributed by atoms with Crippen molar-refractivity contribution in [2.75, 3.05) is 4.90 Å². The van der Waals surface area contributed by atoms with Crippen LogP contribution in [0.1, 0.15) is 25.0 Å². The van der Waals surface area contributed by atoms with E-state index < -0.39 is 0 Å². The zero-order chi connectivity index (χ0) is 42.1. The fourth-order valence-corrected chi connectivity index (χ4v) is 10.3. The van der Waals surface area contributed by atoms with Crippen molar-refractivity contribution in [3.8, 4) is 50.2 Å². The Morgan fingerprint density at radius 2 is 0.873 bits per heavy atom. The van der Waals surface area contributed by atoms with Gasteiger partial charge in [-0.2, -0.15) is 0 Å². The van der Waals surface area contributed by atoms with Gasteiger partial charge in [0.25, 0.3) is 0 Å². The number of hydrogen-bond acceptors (Lipinski definition) is 1. The molecule has 1 aliphatic carbocycles. The highest BCUT2D eigenvalue weighted by atomic mass is 15.1. The molecule has 2 heteroatoms. The molecule has 0 N–H and O–H groups in total. The van der Waals surface area contributed by atoms with Gasteiger partial charge in [-0.15, -0.1) is 0 Å². The summed E-state index contributed by atoms with van der Waals surface area (Å²) in [7, 11) is 0. The van der Waals surface area contributed by atoms with Crippen LogP contribution in [-0.2, 0) is 5.41 Å². The zero-order valence-corrected chi connectivity index (χ0v) is 35.3. The molecule has 1 aliphatic rings. The van der Waals surface area contributed by atoms with E-state index in [1.807, 2.05) is 0 Å². The maximum absolute atomic E-state index is 2.41. The highest BCUT2D eigenvalue weighted by Gasteiger charge is 2.35. The Balaban J connectivity index is 0.916. The fraction of sp³-hybridized carbons (Fsp3) is 0.0492. The quantitative estimate of drug-likeness (QED) is 0.156. The van der Waals surface area contributed by atoms with Crippen LogP contribution in [0.5, 0.6) is 0 Å². The van der Waals surface area contributed by atoms with Crippen molar-refractivity contribution in [1.82, 2.24) is 4.57 Å². The minimum atomic E-state index is -0.102. The summed E-state index contributed by atoms with van der Waals surface area (Å²) in [6, 6.07) is 84.5. The van der Waals surface area contributed by atoms with E-state index >= 15 is 0 Å². The highest BCUT2D eigenvalue weighted by Crippen LogP contribution is 2.51. The Morgan fingerprint density at radius 3 is 1.59 bits per heavy atom. The molecular formula is C61H44N2. The molecule has 2 nitrogen and oxygen atoms in total. The van der Waals surface area contributed by atoms with E-state index in [2.05, 4.69) is 254 Å². The second kappa shape index (κ2) is 14.6. The van der Waals surface area contributed by atoms with Crippen molar-refractivity contribution < 1.29 is 0 Å². The van der Waals surface area contributed by atoms with Gasteiger partial charge in [0, 0.05) is 38.9 Å². The minimum Gasteiger partial charge on any atom is -0.310 e. The number of benzene rings is 10. The van der Waals surface area contributed by atoms with Crippen LogP contribution in [0.15, 0.2) is 231 Å². The van der Waals surface area contributed by atoms with Crippen LogP contribution in [-0.4, -0.2) is 4.57 Å². The van der Waals surface area contributed by atoms with Gasteiger partial charge in [-0.1, -0.05) is 184 Å². The fourth-order valence-electron chi connectivity index (χ4n) is 10.3. The zero-order valence-electron chi connectivity index (χ0n) is 35.3. The highest BCUT2D eigenvalue weighted by molar-refractivity contribution is 6.21. The molecule has 0 saturated heterocycles. The standard InChI is InChI=1S/C61H44N2/c1-61(2)56-22-12-10-20-53(56)54-38-37-49(40-57(54)61)62(46-31-24-42(25-32-46)41-14-4-3-5-15-41)47-33-26-44(27-34-47)50-17-8-9-18-51(50)45-28-35-48(36-29-45)63-58-23-13-11-21-55(58)60-52-19-7-6-16-43(52)30-39-59(60)63/h3-40H,1-2H3. The third kappa shape index (κ3) is 6.02. The number of hydrogen-bond donors (Lipinski definition) is 0. The molecular weight excluding hydrogens is 761 g/mol. The maximum Gasteiger partial charge on any atom is 0.0547 e. The molecule has 0 saturated carbocycles. The van der Waals surface area contributed by atoms with Gasteiger partial charge in [-0.05, 0) is 127 Å². The summed E-state index contributed by atoms with van der Waals surface area (Å²) in [4.78, 5) is 2.40. The monoisotopic (exact) mass is 804 g/mol. The minimum absolute atomic E-state index is 0.102. The predicted molar refractivity (Wildman–Crippen MR) is 267 cm³/mol. The molecule has 0 unspecified atom stereocenters. The van der Waals surface area contributed by atoms with Crippen LogP contribution in [0, 0.1) is 0 Å². The Kier molecular flexibility index (Phi) is 8.55. The number of aromatic nitrogens is 1. The number of fused-ring (bicyclic) bond motifs is 8. The number of nitrogens with zero attached hydrogens (tertiary/aromatic N) is 2. The van der Waals surface area contributed by atoms with E-state index in [0.29, 0.717) is 0 Å². The average molecular weight is 805 g/mol. The second-order valence-corrected chi connectivity index (χ2v) is 17.3. The Labute approximate surface area is 368 Å². The summed E-state index contributed by atoms with van der Waals surface area (Å²) in [6.07, 6.45) is 0. The third-order valence-electron chi connectivity index (χ3n) is 13.4. The SMILES string of the molecule is CC1(C)c2ccccc2-c2ccc(N(c3ccc(-c4ccccc4)cc3)c3ccc(-c4ccccc4-c4ccc(-n5c6ccccc6c6c7ccccc7ccc65)cc4)cc3)cc21. The molecule has 63 heavy (non-hydrogen) atoms. The van der Waals surface area contributed by atoms with Crippen molar-refractivity contribution in [3.63, 3.8) is 0 Å². The first-order chi connectivity index (χ1) is 31.0. The predicted octanol–water partition coefficient (Wildman–Crippen LogP) is 16.7. The lowest BCUT2D eigenvalue weighted by atomic mass is 9.82. The van der Waals surface area contributed by atoms with E-state index in [9.17, 15) is 0 Å². The Morgan fingerprint density at radius 1 is 0.349 bits per heavy atom. The number of para-hydroxylation sites is 1. The van der Waals surface area contributed by atoms with E-state index in [0.717, 1.165) is 22.7 Å². The molecule has 12 rings (SSSR count). The number of anilines is 3. The van der Waals surface area contributed by atoms with Crippen molar-refractivity contribution >= 4 is 49.6 Å². The number of rotatable bonds is 7. The Bertz CT molecular complexity index is 3500. The summed E-state index contributed by atoms with van der Waals surface area (Å²) in [6.45, 7) is 4.71. The van der Waals surface area contributed by atoms with E-state index in [4.69, 9.17) is 0 Å². The molecule has 10 aromatic carbocycles. The molecule has 11 aromatic rings. The van der Waals surface area contributed by atoms with Crippen LogP contribution >= 0.6 is 0 Å². The van der Waals surface area contributed by atoms with Crippen molar-refractivity contribution in [2.24, 2.45) is 0 Å². The molecule has 0 bridgehead atoms. The van der Waals surface area contributed by atoms with Crippen molar-refractivity contribution in [1.29, 1.82) is 0 Å². The van der Waals surface area contributed by atoms with Crippen molar-refractivity contribution in [3.05, 3.63) is 242 Å². The van der Waals surface area contributed by atoms with Crippen LogP contribution in [0.2, 0.25) is 0 Å². The normalized spacial score (nSPS) is 12.7. The lowest BCUT2D eigenvalue weighted by molar-refractivity contribution is 0.660. The Hall–Kier alpha value is -7.94. The van der Waals surface area contributed by atoms with Crippen LogP contribution in [0.4, 0.5) is 17.1 Å². The molecule has 0 fully saturated rings. The summed E-state index contributed by atoms with van der Waals surface area (Å²) >= 11 is 0. The van der Waals surface area contributed by atoms with E-state index in [-0.39, 0.29) is 5.41 Å². The van der Waals surface area contributed by atoms with Gasteiger partial charge < -0.3 is 9.47 Å². The summed E-state index contributed by atoms with van der Waals surface area (Å²) < 4.78 is 2.41. The van der Waals surface area contributed by atoms with Crippen LogP contribution in [0.25, 0.3) is 82.8 Å². The average Bonchev–Trinajstić information content (AvgIpc) is 3.81. The third-order valence-corrected chi connectivity index (χ3v) is 13.4. The first kappa shape index (κ1) is 36.9. The lowest BCUT2D eigenvalue weighted by Gasteiger charge is -2.28. The second-order valence-electron chi connectivity index (χ2n) is 17.3. The summed E-state index contributed by atoms with van der Waals surface area (Å²) in [5, 5.41) is 5.12. The molecule has 0 atom stereocenters. The molecule has 0 radical (unpaired) electrons. The first-order valence-electron chi connectivity index (χ1n) is 21.9. The van der Waals surface area contributed by atoms with Gasteiger partial charge in [0.2, 0.25) is 0 Å². The summed E-state index contributed by atoms with van der Waals surface area (Å²) in [5.74, 6) is 0. The van der Waals surface area contributed by atoms with Gasteiger partial charge in [0.15, 0.2) is 0 Å². The molecule has 298 valence electrons. The smallest absolute Gasteiger partial charge is 0.0547 e. The molecule has 0 amide bonds. The van der Waals surface area contributed by atoms with Crippen molar-refractivity contribution in [2.45, 2.75) is 19.3 Å². The molecule has 1 aromatic heterocycles. The van der Waals surface area contributed by atoms with Gasteiger partial charge >= 0.3 is 0 Å². The molecule has 0 spiro atoms. The summed E-state index contributed by atoms with van der Waals surface area (Å²) in [5.41, 5.74) is 19.4.